The number of rotatable bonds is 2. The van der Waals surface area contributed by atoms with Crippen molar-refractivity contribution in [2.45, 2.75) is 32.8 Å². The van der Waals surface area contributed by atoms with Crippen molar-refractivity contribution in [1.82, 2.24) is 0 Å². The second kappa shape index (κ2) is 3.88. The highest BCUT2D eigenvalue weighted by atomic mass is 19.1. The van der Waals surface area contributed by atoms with Crippen LogP contribution in [0.3, 0.4) is 0 Å². The Hall–Kier alpha value is -0.890. The molecule has 1 aromatic carbocycles. The predicted molar refractivity (Wildman–Crippen MR) is 51.2 cm³/mol. The van der Waals surface area contributed by atoms with Gasteiger partial charge < -0.3 is 5.11 Å². The summed E-state index contributed by atoms with van der Waals surface area (Å²) in [7, 11) is 0. The first-order valence-electron chi connectivity index (χ1n) is 4.47. The van der Waals surface area contributed by atoms with E-state index in [9.17, 15) is 9.50 Å². The standard InChI is InChI=1S/C11H15FO/c1-7-5-4-6-10(11(7)12)8(2)9(3)13/h4-6,8-9,13H,1-3H3. The molecule has 0 saturated carbocycles. The van der Waals surface area contributed by atoms with Crippen LogP contribution < -0.4 is 0 Å². The zero-order valence-electron chi connectivity index (χ0n) is 8.21. The smallest absolute Gasteiger partial charge is 0.129 e. The molecule has 2 unspecified atom stereocenters. The van der Waals surface area contributed by atoms with Gasteiger partial charge in [-0.3, -0.25) is 0 Å². The number of hydrogen-bond acceptors (Lipinski definition) is 1. The Labute approximate surface area is 78.2 Å². The van der Waals surface area contributed by atoms with Crippen LogP contribution in [0, 0.1) is 12.7 Å². The Morgan fingerprint density at radius 3 is 2.46 bits per heavy atom. The molecule has 13 heavy (non-hydrogen) atoms. The van der Waals surface area contributed by atoms with Crippen LogP contribution in [-0.2, 0) is 0 Å². The maximum Gasteiger partial charge on any atom is 0.129 e. The summed E-state index contributed by atoms with van der Waals surface area (Å²) in [5.74, 6) is -0.351. The number of benzene rings is 1. The molecule has 0 heterocycles. The first-order chi connectivity index (χ1) is 6.04. The zero-order chi connectivity index (χ0) is 10.0. The van der Waals surface area contributed by atoms with Crippen molar-refractivity contribution in [2.24, 2.45) is 0 Å². The van der Waals surface area contributed by atoms with Gasteiger partial charge in [0.1, 0.15) is 5.82 Å². The number of hydrogen-bond donors (Lipinski definition) is 1. The molecule has 0 saturated heterocycles. The maximum absolute atomic E-state index is 13.5. The van der Waals surface area contributed by atoms with Gasteiger partial charge >= 0.3 is 0 Å². The first-order valence-corrected chi connectivity index (χ1v) is 4.47. The monoisotopic (exact) mass is 182 g/mol. The van der Waals surface area contributed by atoms with Crippen LogP contribution in [0.5, 0.6) is 0 Å². The molecule has 0 amide bonds. The fourth-order valence-corrected chi connectivity index (χ4v) is 1.28. The molecule has 0 aliphatic heterocycles. The van der Waals surface area contributed by atoms with Crippen molar-refractivity contribution in [2.75, 3.05) is 0 Å². The zero-order valence-corrected chi connectivity index (χ0v) is 8.21. The Morgan fingerprint density at radius 2 is 1.92 bits per heavy atom. The lowest BCUT2D eigenvalue weighted by molar-refractivity contribution is 0.167. The Bertz CT molecular complexity index is 294. The molecule has 1 rings (SSSR count). The van der Waals surface area contributed by atoms with Gasteiger partial charge in [0.05, 0.1) is 6.10 Å². The molecule has 2 heteroatoms. The molecule has 1 N–H and O–H groups in total. The minimum Gasteiger partial charge on any atom is -0.393 e. The van der Waals surface area contributed by atoms with Crippen LogP contribution in [-0.4, -0.2) is 11.2 Å². The summed E-state index contributed by atoms with van der Waals surface area (Å²) < 4.78 is 13.5. The molecule has 0 fully saturated rings. The van der Waals surface area contributed by atoms with E-state index in [0.717, 1.165) is 0 Å². The van der Waals surface area contributed by atoms with E-state index in [1.54, 1.807) is 26.0 Å². The highest BCUT2D eigenvalue weighted by Gasteiger charge is 2.16. The van der Waals surface area contributed by atoms with Crippen molar-refractivity contribution in [3.05, 3.63) is 35.1 Å². The van der Waals surface area contributed by atoms with E-state index in [0.29, 0.717) is 11.1 Å². The van der Waals surface area contributed by atoms with E-state index in [1.165, 1.54) is 0 Å². The second-order valence-electron chi connectivity index (χ2n) is 3.51. The average molecular weight is 182 g/mol. The minimum atomic E-state index is -0.517. The molecule has 0 spiro atoms. The molecular weight excluding hydrogens is 167 g/mol. The lowest BCUT2D eigenvalue weighted by atomic mass is 9.94. The van der Waals surface area contributed by atoms with Crippen molar-refractivity contribution in [3.63, 3.8) is 0 Å². The number of aliphatic hydroxyl groups is 1. The van der Waals surface area contributed by atoms with Crippen LogP contribution in [0.4, 0.5) is 4.39 Å². The van der Waals surface area contributed by atoms with Crippen LogP contribution in [0.25, 0.3) is 0 Å². The van der Waals surface area contributed by atoms with E-state index < -0.39 is 6.10 Å². The topological polar surface area (TPSA) is 20.2 Å². The van der Waals surface area contributed by atoms with E-state index >= 15 is 0 Å². The second-order valence-corrected chi connectivity index (χ2v) is 3.51. The molecule has 0 aliphatic rings. The quantitative estimate of drug-likeness (QED) is 0.745. The molecule has 1 nitrogen and oxygen atoms in total. The third-order valence-electron chi connectivity index (χ3n) is 2.44. The summed E-state index contributed by atoms with van der Waals surface area (Å²) in [5.41, 5.74) is 1.22. The SMILES string of the molecule is Cc1cccc(C(C)C(C)O)c1F. The summed E-state index contributed by atoms with van der Waals surface area (Å²) >= 11 is 0. The Morgan fingerprint density at radius 1 is 1.31 bits per heavy atom. The Balaban J connectivity index is 3.07. The number of aliphatic hydroxyl groups excluding tert-OH is 1. The Kier molecular flexibility index (Phi) is 3.04. The van der Waals surface area contributed by atoms with Crippen LogP contribution in [0.1, 0.15) is 30.9 Å². The van der Waals surface area contributed by atoms with Crippen LogP contribution >= 0.6 is 0 Å². The van der Waals surface area contributed by atoms with E-state index in [1.807, 2.05) is 13.0 Å². The van der Waals surface area contributed by atoms with Gasteiger partial charge in [-0.2, -0.15) is 0 Å². The fraction of sp³-hybridized carbons (Fsp3) is 0.455. The van der Waals surface area contributed by atoms with E-state index in [2.05, 4.69) is 0 Å². The van der Waals surface area contributed by atoms with Crippen molar-refractivity contribution in [1.29, 1.82) is 0 Å². The number of aryl methyl sites for hydroxylation is 1. The van der Waals surface area contributed by atoms with Gasteiger partial charge in [-0.1, -0.05) is 25.1 Å². The summed E-state index contributed by atoms with van der Waals surface area (Å²) in [6.07, 6.45) is -0.517. The molecule has 1 aromatic rings. The third kappa shape index (κ3) is 2.07. The van der Waals surface area contributed by atoms with Gasteiger partial charge in [-0.25, -0.2) is 4.39 Å². The van der Waals surface area contributed by atoms with Gasteiger partial charge in [0, 0.05) is 5.92 Å². The van der Waals surface area contributed by atoms with Crippen molar-refractivity contribution < 1.29 is 9.50 Å². The van der Waals surface area contributed by atoms with Crippen molar-refractivity contribution in [3.8, 4) is 0 Å². The van der Waals surface area contributed by atoms with E-state index in [-0.39, 0.29) is 11.7 Å². The molecule has 0 aliphatic carbocycles. The van der Waals surface area contributed by atoms with Gasteiger partial charge in [-0.15, -0.1) is 0 Å². The van der Waals surface area contributed by atoms with E-state index in [4.69, 9.17) is 0 Å². The lowest BCUT2D eigenvalue weighted by Crippen LogP contribution is -2.12. The number of halogens is 1. The highest BCUT2D eigenvalue weighted by molar-refractivity contribution is 5.28. The van der Waals surface area contributed by atoms with Crippen LogP contribution in [0.2, 0.25) is 0 Å². The lowest BCUT2D eigenvalue weighted by Gasteiger charge is -2.16. The molecule has 72 valence electrons. The van der Waals surface area contributed by atoms with Crippen LogP contribution in [0.15, 0.2) is 18.2 Å². The molecular formula is C11H15FO. The summed E-state index contributed by atoms with van der Waals surface area (Å²) in [5, 5.41) is 9.32. The molecule has 0 radical (unpaired) electrons. The highest BCUT2D eigenvalue weighted by Crippen LogP contribution is 2.23. The third-order valence-corrected chi connectivity index (χ3v) is 2.44. The molecule has 0 aromatic heterocycles. The van der Waals surface area contributed by atoms with Gasteiger partial charge in [-0.05, 0) is 25.0 Å². The first kappa shape index (κ1) is 10.2. The largest absolute Gasteiger partial charge is 0.393 e. The minimum absolute atomic E-state index is 0.153. The maximum atomic E-state index is 13.5. The normalized spacial score (nSPS) is 15.5. The summed E-state index contributed by atoms with van der Waals surface area (Å²) in [4.78, 5) is 0. The molecule has 0 bridgehead atoms. The fourth-order valence-electron chi connectivity index (χ4n) is 1.28. The predicted octanol–water partition coefficient (Wildman–Crippen LogP) is 2.62. The summed E-state index contributed by atoms with van der Waals surface area (Å²) in [6.45, 7) is 5.22. The summed E-state index contributed by atoms with van der Waals surface area (Å²) in [6, 6.07) is 5.26. The van der Waals surface area contributed by atoms with Gasteiger partial charge in [0.2, 0.25) is 0 Å². The van der Waals surface area contributed by atoms with Crippen molar-refractivity contribution >= 4 is 0 Å². The van der Waals surface area contributed by atoms with Gasteiger partial charge in [0.25, 0.3) is 0 Å². The average Bonchev–Trinajstić information content (AvgIpc) is 2.08. The van der Waals surface area contributed by atoms with Gasteiger partial charge in [0.15, 0.2) is 0 Å². The molecule has 2 atom stereocenters.